The lowest BCUT2D eigenvalue weighted by Gasteiger charge is -2.20. The average Bonchev–Trinajstić information content (AvgIpc) is 3.85. The van der Waals surface area contributed by atoms with E-state index >= 15 is 0 Å². The highest BCUT2D eigenvalue weighted by Crippen LogP contribution is 2.38. The van der Waals surface area contributed by atoms with Gasteiger partial charge in [0.25, 0.3) is 0 Å². The van der Waals surface area contributed by atoms with Crippen LogP contribution in [-0.2, 0) is 0 Å². The fraction of sp³-hybridized carbons (Fsp3) is 0. The van der Waals surface area contributed by atoms with Crippen LogP contribution in [0.4, 0.5) is 0 Å². The maximum absolute atomic E-state index is 6.67. The number of nitrogens with zero attached hydrogens (tertiary/aromatic N) is 4. The van der Waals surface area contributed by atoms with E-state index in [1.165, 1.54) is 54.7 Å². The largest absolute Gasteiger partial charge is 0.456 e. The minimum absolute atomic E-state index is 0.592. The van der Waals surface area contributed by atoms with Crippen LogP contribution in [0.3, 0.4) is 0 Å². The van der Waals surface area contributed by atoms with Gasteiger partial charge < -0.3 is 8.98 Å². The van der Waals surface area contributed by atoms with E-state index in [4.69, 9.17) is 19.4 Å². The minimum Gasteiger partial charge on any atom is -0.456 e. The molecule has 3 aromatic heterocycles. The number of para-hydroxylation sites is 2. The van der Waals surface area contributed by atoms with Gasteiger partial charge in [0, 0.05) is 43.9 Å². The lowest BCUT2D eigenvalue weighted by Crippen LogP contribution is -2.55. The van der Waals surface area contributed by atoms with Gasteiger partial charge in [0.1, 0.15) is 50.4 Å². The summed E-state index contributed by atoms with van der Waals surface area (Å²) in [6.45, 7) is 0. The predicted octanol–water partition coefficient (Wildman–Crippen LogP) is 4.50. The van der Waals surface area contributed by atoms with Crippen molar-refractivity contribution in [2.75, 3.05) is 0 Å². The number of fused-ring (bicyclic) bond motifs is 6. The van der Waals surface area contributed by atoms with Crippen LogP contribution >= 0.6 is 0 Å². The number of hydrogen-bond donors (Lipinski definition) is 0. The molecule has 0 amide bonds. The highest BCUT2D eigenvalue weighted by molar-refractivity contribution is 6.68. The van der Waals surface area contributed by atoms with Gasteiger partial charge in [-0.2, -0.15) is 0 Å². The second kappa shape index (κ2) is 14.5. The maximum Gasteiger partial charge on any atom is 0.164 e. The van der Waals surface area contributed by atoms with Crippen LogP contribution in [0, 0.1) is 0 Å². The number of aromatic nitrogens is 4. The van der Waals surface area contributed by atoms with Gasteiger partial charge in [-0.25, -0.2) is 15.0 Å². The van der Waals surface area contributed by atoms with Gasteiger partial charge in [-0.15, -0.1) is 16.4 Å². The Morgan fingerprint density at radius 2 is 0.836 bits per heavy atom. The second-order valence-corrected chi connectivity index (χ2v) is 16.2. The zero-order chi connectivity index (χ0) is 41.4. The van der Waals surface area contributed by atoms with Crippen molar-refractivity contribution in [3.8, 4) is 62.1 Å². The molecule has 282 valence electrons. The quantitative estimate of drug-likeness (QED) is 0.234. The molecule has 5 nitrogen and oxygen atoms in total. The van der Waals surface area contributed by atoms with E-state index in [2.05, 4.69) is 177 Å². The molecule has 3 heterocycles. The first kappa shape index (κ1) is 36.8. The summed E-state index contributed by atoms with van der Waals surface area (Å²) < 4.78 is 9.01. The normalized spacial score (nSPS) is 11.6. The van der Waals surface area contributed by atoms with Gasteiger partial charge in [-0.3, -0.25) is 0 Å². The third-order valence-electron chi connectivity index (χ3n) is 12.8. The molecule has 0 bridgehead atoms. The Morgan fingerprint density at radius 3 is 1.54 bits per heavy atom. The lowest BCUT2D eigenvalue weighted by atomic mass is 9.59. The summed E-state index contributed by atoms with van der Waals surface area (Å²) in [6, 6.07) is 57.5. The van der Waals surface area contributed by atoms with Crippen molar-refractivity contribution in [2.45, 2.75) is 0 Å². The summed E-state index contributed by atoms with van der Waals surface area (Å²) in [5.41, 5.74) is 19.2. The van der Waals surface area contributed by atoms with Crippen molar-refractivity contribution >= 4 is 110 Å². The van der Waals surface area contributed by atoms with Crippen molar-refractivity contribution in [1.82, 2.24) is 19.5 Å². The molecule has 11 aromatic rings. The predicted molar refractivity (Wildman–Crippen MR) is 270 cm³/mol. The minimum atomic E-state index is 0.592. The molecule has 11 rings (SSSR count). The summed E-state index contributed by atoms with van der Waals surface area (Å²) >= 11 is 0. The van der Waals surface area contributed by atoms with Gasteiger partial charge in [0.2, 0.25) is 0 Å². The number of hydrogen-bond acceptors (Lipinski definition) is 4. The van der Waals surface area contributed by atoms with E-state index < -0.39 is 0 Å². The topological polar surface area (TPSA) is 56.7 Å². The first-order valence-corrected chi connectivity index (χ1v) is 20.9. The van der Waals surface area contributed by atoms with Crippen LogP contribution in [0.2, 0.25) is 0 Å². The molecule has 0 aliphatic heterocycles. The van der Waals surface area contributed by atoms with Gasteiger partial charge in [0.15, 0.2) is 17.5 Å². The maximum atomic E-state index is 6.67. The fourth-order valence-corrected chi connectivity index (χ4v) is 9.20. The van der Waals surface area contributed by atoms with Crippen LogP contribution in [0.25, 0.3) is 106 Å². The van der Waals surface area contributed by atoms with Gasteiger partial charge in [0.05, 0.1) is 11.0 Å². The second-order valence-electron chi connectivity index (χ2n) is 16.2. The Balaban J connectivity index is 1.00. The number of furan rings is 1. The third kappa shape index (κ3) is 6.12. The smallest absolute Gasteiger partial charge is 0.164 e. The molecule has 61 heavy (non-hydrogen) atoms. The SMILES string of the molecule is Bc1c(B)c(B)c(-c2cccc(-c3nc(-c4ccccc4)nc(-c4ccc5c(c4)oc4cc(-c6ccc7c(c6)c6ccccc6n7-c6ccccc6)ccc45)n3)c2)c(B)c1B. The van der Waals surface area contributed by atoms with Gasteiger partial charge in [-0.05, 0) is 82.9 Å². The van der Waals surface area contributed by atoms with Crippen LogP contribution in [0.5, 0.6) is 0 Å². The number of rotatable bonds is 6. The zero-order valence-corrected chi connectivity index (χ0v) is 34.8. The molecule has 0 spiro atoms. The summed E-state index contributed by atoms with van der Waals surface area (Å²) in [4.78, 5) is 15.3. The van der Waals surface area contributed by atoms with Crippen LogP contribution < -0.4 is 27.3 Å². The molecule has 8 aromatic carbocycles. The average molecular weight is 776 g/mol. The molecule has 0 saturated carbocycles. The van der Waals surface area contributed by atoms with Crippen LogP contribution in [-0.4, -0.2) is 58.8 Å². The highest BCUT2D eigenvalue weighted by Gasteiger charge is 2.19. The Labute approximate surface area is 358 Å². The Kier molecular flexibility index (Phi) is 8.71. The highest BCUT2D eigenvalue weighted by atomic mass is 16.3. The number of benzene rings is 8. The molecule has 0 aliphatic rings. The van der Waals surface area contributed by atoms with E-state index in [1.54, 1.807) is 0 Å². The molecule has 0 aliphatic carbocycles. The van der Waals surface area contributed by atoms with E-state index in [-0.39, 0.29) is 0 Å². The fourth-order valence-electron chi connectivity index (χ4n) is 9.20. The molecule has 0 fully saturated rings. The Bertz CT molecular complexity index is 3520. The van der Waals surface area contributed by atoms with Crippen LogP contribution in [0.1, 0.15) is 0 Å². The van der Waals surface area contributed by atoms with Crippen molar-refractivity contribution in [1.29, 1.82) is 0 Å². The van der Waals surface area contributed by atoms with Crippen molar-refractivity contribution in [2.24, 2.45) is 0 Å². The first-order chi connectivity index (χ1) is 29.8. The Hall–Kier alpha value is -7.31. The molecule has 0 N–H and O–H groups in total. The summed E-state index contributed by atoms with van der Waals surface area (Å²) in [7, 11) is 11.1. The monoisotopic (exact) mass is 776 g/mol. The lowest BCUT2D eigenvalue weighted by molar-refractivity contribution is 0.669. The van der Waals surface area contributed by atoms with Gasteiger partial charge in [-0.1, -0.05) is 114 Å². The zero-order valence-electron chi connectivity index (χ0n) is 34.8. The molecular formula is C51H37B5N4O. The molecule has 0 radical (unpaired) electrons. The molecule has 0 atom stereocenters. The summed E-state index contributed by atoms with van der Waals surface area (Å²) in [6.07, 6.45) is 0. The van der Waals surface area contributed by atoms with Crippen molar-refractivity contribution in [3.05, 3.63) is 164 Å². The van der Waals surface area contributed by atoms with E-state index in [9.17, 15) is 0 Å². The van der Waals surface area contributed by atoms with Crippen molar-refractivity contribution < 1.29 is 4.42 Å². The molecular weight excluding hydrogens is 739 g/mol. The standard InChI is InChI=1S/C51H37B5N4O/c52-44-43(45(53)47(55)48(56)46(44)54)31-12-9-13-32(24-31)50-57-49(28-10-3-1-4-11-28)58-51(59-50)33-19-22-37-36-21-18-30(26-41(36)61-42(37)27-33)29-20-23-40-38(25-29)35-16-7-8-17-39(35)60(40)34-14-5-2-6-15-34/h1-27H,52-56H2. The molecule has 10 heteroatoms. The third-order valence-corrected chi connectivity index (χ3v) is 12.8. The Morgan fingerprint density at radius 1 is 0.344 bits per heavy atom. The van der Waals surface area contributed by atoms with Crippen LogP contribution in [0.15, 0.2) is 168 Å². The van der Waals surface area contributed by atoms with E-state index in [1.807, 2.05) is 30.3 Å². The van der Waals surface area contributed by atoms with E-state index in [0.29, 0.717) is 17.5 Å². The van der Waals surface area contributed by atoms with Crippen molar-refractivity contribution in [3.63, 3.8) is 0 Å². The summed E-state index contributed by atoms with van der Waals surface area (Å²) in [5.74, 6) is 1.84. The van der Waals surface area contributed by atoms with E-state index in [0.717, 1.165) is 61.0 Å². The van der Waals surface area contributed by atoms with Gasteiger partial charge >= 0.3 is 0 Å². The summed E-state index contributed by atoms with van der Waals surface area (Å²) in [5, 5.41) is 4.56. The molecule has 0 unspecified atom stereocenters. The first-order valence-electron chi connectivity index (χ1n) is 20.9. The molecule has 0 saturated heterocycles.